The number of fused-ring (bicyclic) bond motifs is 2. The smallest absolute Gasteiger partial charge is 0.355 e. The van der Waals surface area contributed by atoms with Gasteiger partial charge in [0.2, 0.25) is 0 Å². The summed E-state index contributed by atoms with van der Waals surface area (Å²) < 4.78 is 13.3. The van der Waals surface area contributed by atoms with Crippen LogP contribution in [-0.2, 0) is 28.9 Å². The summed E-state index contributed by atoms with van der Waals surface area (Å²) in [4.78, 5) is 65.3. The number of aliphatic carboxylic acids is 1. The van der Waals surface area contributed by atoms with E-state index in [1.165, 1.54) is 17.7 Å². The first-order valence-corrected chi connectivity index (χ1v) is 16.8. The second-order valence-corrected chi connectivity index (χ2v) is 12.0. The third-order valence-corrected chi connectivity index (χ3v) is 8.28. The first-order valence-electron chi connectivity index (χ1n) is 16.8. The largest absolute Gasteiger partial charge is 0.480 e. The van der Waals surface area contributed by atoms with E-state index in [-0.39, 0.29) is 40.8 Å². The molecule has 0 saturated heterocycles. The molecule has 1 unspecified atom stereocenters. The molecule has 0 fully saturated rings. The highest BCUT2D eigenvalue weighted by atomic mass is 16.5. The highest BCUT2D eigenvalue weighted by Gasteiger charge is 2.25. The third-order valence-electron chi connectivity index (χ3n) is 8.28. The Hall–Kier alpha value is -5.26. The zero-order valence-corrected chi connectivity index (χ0v) is 28.2. The number of esters is 1. The second kappa shape index (κ2) is 17.2. The number of amides is 1. The molecule has 4 rings (SSSR count). The number of benzene rings is 2. The van der Waals surface area contributed by atoms with Crippen LogP contribution in [0.2, 0.25) is 0 Å². The number of aryl methyl sites for hydroxylation is 3. The Morgan fingerprint density at radius 2 is 1.69 bits per heavy atom. The average molecular weight is 673 g/mol. The van der Waals surface area contributed by atoms with Crippen LogP contribution in [0, 0.1) is 5.41 Å². The van der Waals surface area contributed by atoms with Crippen molar-refractivity contribution in [3.63, 3.8) is 0 Å². The van der Waals surface area contributed by atoms with Crippen LogP contribution in [0.3, 0.4) is 0 Å². The number of aromatic nitrogens is 1. The lowest BCUT2D eigenvalue weighted by Gasteiger charge is -2.19. The summed E-state index contributed by atoms with van der Waals surface area (Å²) in [5.74, 6) is -2.78. The number of hydrogen-bond donors (Lipinski definition) is 4. The molecule has 1 atom stereocenters. The van der Waals surface area contributed by atoms with Gasteiger partial charge in [0.25, 0.3) is 5.91 Å². The first-order chi connectivity index (χ1) is 23.5. The van der Waals surface area contributed by atoms with E-state index in [1.807, 2.05) is 44.2 Å². The predicted octanol–water partition coefficient (Wildman–Crippen LogP) is 5.20. The highest BCUT2D eigenvalue weighted by molar-refractivity contribution is 6.02. The fourth-order valence-electron chi connectivity index (χ4n) is 5.89. The number of nitrogens with zero attached hydrogens (tertiary/aromatic N) is 1. The molecule has 1 amide bonds. The fraction of sp³-hybridized carbons (Fsp3) is 0.405. The van der Waals surface area contributed by atoms with Crippen molar-refractivity contribution in [3.8, 4) is 0 Å². The van der Waals surface area contributed by atoms with Crippen LogP contribution in [0.25, 0.3) is 21.9 Å². The molecular formula is C37H44N4O8. The van der Waals surface area contributed by atoms with Crippen molar-refractivity contribution in [3.05, 3.63) is 91.6 Å². The molecule has 2 aromatic carbocycles. The van der Waals surface area contributed by atoms with Gasteiger partial charge in [-0.25, -0.2) is 9.59 Å². The lowest BCUT2D eigenvalue weighted by atomic mass is 9.99. The third kappa shape index (κ3) is 9.21. The molecule has 12 heteroatoms. The molecule has 4 aromatic rings. The second-order valence-electron chi connectivity index (χ2n) is 12.0. The summed E-state index contributed by atoms with van der Waals surface area (Å²) in [6, 6.07) is 12.5. The molecule has 0 spiro atoms. The van der Waals surface area contributed by atoms with Gasteiger partial charge in [0.15, 0.2) is 16.6 Å². The van der Waals surface area contributed by atoms with Gasteiger partial charge in [0.05, 0.1) is 23.3 Å². The van der Waals surface area contributed by atoms with E-state index in [4.69, 9.17) is 14.6 Å². The number of amidine groups is 1. The van der Waals surface area contributed by atoms with Gasteiger partial charge in [-0.3, -0.25) is 19.8 Å². The number of hydrogen-bond acceptors (Lipinski definition) is 8. The minimum absolute atomic E-state index is 0.0753. The highest BCUT2D eigenvalue weighted by Crippen LogP contribution is 2.29. The van der Waals surface area contributed by atoms with Crippen LogP contribution in [0.4, 0.5) is 0 Å². The van der Waals surface area contributed by atoms with Crippen molar-refractivity contribution < 1.29 is 28.6 Å². The van der Waals surface area contributed by atoms with Gasteiger partial charge >= 0.3 is 11.9 Å². The van der Waals surface area contributed by atoms with Crippen molar-refractivity contribution in [2.45, 2.75) is 84.7 Å². The molecule has 0 aliphatic heterocycles. The lowest BCUT2D eigenvalue weighted by Crippen LogP contribution is -2.41. The standard InChI is InChI=1S/C37H44N4O8/c1-4-13-25-33-26(30(42)21-29(41(33)5-2)37(47)48-19-12-10-16-24-14-7-6-8-15-24)20-27-31(43)22-32(49-34(25)27)35(44)40-28(36(45)46)17-9-11-18-39-23(3)38/h6-8,14-15,20-22,28H,4-5,9-13,16-19H2,1-3H3,(H2,38,39)(H,40,44)(H,45,46). The first kappa shape index (κ1) is 36.6. The van der Waals surface area contributed by atoms with Crippen molar-refractivity contribution in [1.82, 2.24) is 15.2 Å². The number of pyridine rings is 1. The number of carbonyl (C=O) groups is 3. The molecule has 0 saturated carbocycles. The molecule has 0 radical (unpaired) electrons. The molecular weight excluding hydrogens is 628 g/mol. The van der Waals surface area contributed by atoms with Gasteiger partial charge in [-0.15, -0.1) is 0 Å². The van der Waals surface area contributed by atoms with E-state index in [9.17, 15) is 29.1 Å². The summed E-state index contributed by atoms with van der Waals surface area (Å²) in [6.07, 6.45) is 4.49. The molecule has 2 aromatic heterocycles. The van der Waals surface area contributed by atoms with Gasteiger partial charge in [-0.05, 0) is 70.4 Å². The summed E-state index contributed by atoms with van der Waals surface area (Å²) in [5.41, 5.74) is 1.26. The molecule has 0 bridgehead atoms. The Morgan fingerprint density at radius 1 is 0.959 bits per heavy atom. The molecule has 0 aliphatic carbocycles. The van der Waals surface area contributed by atoms with Crippen molar-refractivity contribution >= 4 is 45.6 Å². The maximum absolute atomic E-state index is 13.4. The monoisotopic (exact) mass is 672 g/mol. The van der Waals surface area contributed by atoms with Crippen molar-refractivity contribution in [2.75, 3.05) is 13.2 Å². The molecule has 4 N–H and O–H groups in total. The summed E-state index contributed by atoms with van der Waals surface area (Å²) in [6.45, 7) is 6.34. The number of carboxylic acid groups (broad SMARTS) is 1. The van der Waals surface area contributed by atoms with Gasteiger partial charge in [-0.2, -0.15) is 0 Å². The number of carboxylic acids is 1. The Morgan fingerprint density at radius 3 is 2.37 bits per heavy atom. The quantitative estimate of drug-likeness (QED) is 0.0385. The Balaban J connectivity index is 1.64. The van der Waals surface area contributed by atoms with Gasteiger partial charge in [0, 0.05) is 36.2 Å². The number of rotatable bonds is 17. The molecule has 0 aliphatic rings. The van der Waals surface area contributed by atoms with Gasteiger partial charge in [-0.1, -0.05) is 43.7 Å². The maximum atomic E-state index is 13.4. The van der Waals surface area contributed by atoms with E-state index in [0.717, 1.165) is 18.9 Å². The van der Waals surface area contributed by atoms with Crippen LogP contribution in [0.1, 0.15) is 91.5 Å². The molecule has 260 valence electrons. The topological polar surface area (TPSA) is 181 Å². The number of carbonyl (C=O) groups excluding carboxylic acids is 2. The molecule has 12 nitrogen and oxygen atoms in total. The van der Waals surface area contributed by atoms with E-state index in [0.29, 0.717) is 62.1 Å². The van der Waals surface area contributed by atoms with E-state index in [1.54, 1.807) is 11.5 Å². The lowest BCUT2D eigenvalue weighted by molar-refractivity contribution is -0.139. The average Bonchev–Trinajstić information content (AvgIpc) is 3.07. The van der Waals surface area contributed by atoms with Gasteiger partial charge < -0.3 is 29.5 Å². The van der Waals surface area contributed by atoms with E-state index >= 15 is 0 Å². The van der Waals surface area contributed by atoms with Crippen LogP contribution in [0.5, 0.6) is 0 Å². The minimum Gasteiger partial charge on any atom is -0.480 e. The van der Waals surface area contributed by atoms with Crippen LogP contribution in [0.15, 0.2) is 62.5 Å². The Kier molecular flexibility index (Phi) is 12.9. The minimum atomic E-state index is -1.23. The fourth-order valence-corrected chi connectivity index (χ4v) is 5.89. The normalized spacial score (nSPS) is 11.7. The zero-order chi connectivity index (χ0) is 35.5. The van der Waals surface area contributed by atoms with Crippen LogP contribution in [-0.4, -0.2) is 52.5 Å². The molecule has 49 heavy (non-hydrogen) atoms. The summed E-state index contributed by atoms with van der Waals surface area (Å²) >= 11 is 0. The summed E-state index contributed by atoms with van der Waals surface area (Å²) in [7, 11) is 0. The Labute approximate surface area is 284 Å². The number of nitrogens with one attached hydrogen (secondary N) is 3. The summed E-state index contributed by atoms with van der Waals surface area (Å²) in [5, 5.41) is 22.8. The number of ether oxygens (including phenoxy) is 1. The predicted molar refractivity (Wildman–Crippen MR) is 188 cm³/mol. The van der Waals surface area contributed by atoms with Crippen molar-refractivity contribution in [1.29, 1.82) is 5.41 Å². The van der Waals surface area contributed by atoms with Crippen LogP contribution < -0.4 is 21.5 Å². The SMILES string of the molecule is CCCc1c2oc(C(=O)NC(CCCCNC(C)=N)C(=O)O)cc(=O)c2cc2c(=O)cc(C(=O)OCCCCc3ccccc3)n(CC)c12. The Bertz CT molecular complexity index is 1950. The maximum Gasteiger partial charge on any atom is 0.355 e. The van der Waals surface area contributed by atoms with E-state index < -0.39 is 34.7 Å². The number of unbranched alkanes of at least 4 members (excludes halogenated alkanes) is 2. The van der Waals surface area contributed by atoms with Crippen molar-refractivity contribution in [2.24, 2.45) is 0 Å². The van der Waals surface area contributed by atoms with Gasteiger partial charge in [0.1, 0.15) is 17.3 Å². The van der Waals surface area contributed by atoms with E-state index in [2.05, 4.69) is 10.6 Å². The zero-order valence-electron chi connectivity index (χ0n) is 28.2. The van der Waals surface area contributed by atoms with Crippen LogP contribution >= 0.6 is 0 Å². The molecule has 2 heterocycles.